The molecule has 0 heterocycles. The van der Waals surface area contributed by atoms with E-state index in [0.29, 0.717) is 0 Å². The molecule has 0 unspecified atom stereocenters. The van der Waals surface area contributed by atoms with Crippen molar-refractivity contribution in [2.75, 3.05) is 13.3 Å². The number of sulfone groups is 1. The molecule has 0 bridgehead atoms. The molecule has 0 fully saturated rings. The second-order valence-corrected chi connectivity index (χ2v) is 9.65. The molecule has 0 saturated heterocycles. The molecule has 2 aromatic carbocycles. The third-order valence-electron chi connectivity index (χ3n) is 3.37. The predicted molar refractivity (Wildman–Crippen MR) is 89.6 cm³/mol. The van der Waals surface area contributed by atoms with E-state index in [1.165, 1.54) is 37.4 Å². The van der Waals surface area contributed by atoms with Gasteiger partial charge in [-0.15, -0.1) is 0 Å². The van der Waals surface area contributed by atoms with Crippen molar-refractivity contribution in [1.82, 2.24) is 4.31 Å². The van der Waals surface area contributed by atoms with Crippen molar-refractivity contribution in [2.45, 2.75) is 16.3 Å². The van der Waals surface area contributed by atoms with Crippen LogP contribution in [0.3, 0.4) is 0 Å². The lowest BCUT2D eigenvalue weighted by Crippen LogP contribution is -2.27. The van der Waals surface area contributed by atoms with Crippen LogP contribution in [0, 0.1) is 5.82 Å². The van der Waals surface area contributed by atoms with E-state index in [0.717, 1.165) is 16.6 Å². The zero-order valence-corrected chi connectivity index (χ0v) is 15.3. The minimum absolute atomic E-state index is 0.109. The summed E-state index contributed by atoms with van der Waals surface area (Å²) >= 11 is 5.93. The number of rotatable bonds is 5. The minimum atomic E-state index is -4.10. The first-order chi connectivity index (χ1) is 11.0. The van der Waals surface area contributed by atoms with Crippen molar-refractivity contribution >= 4 is 31.5 Å². The monoisotopic (exact) mass is 391 g/mol. The van der Waals surface area contributed by atoms with Crippen molar-refractivity contribution in [1.29, 1.82) is 0 Å². The number of benzene rings is 2. The Bertz CT molecular complexity index is 975. The van der Waals surface area contributed by atoms with Crippen LogP contribution >= 0.6 is 11.6 Å². The molecular formula is C15H15ClFNO4S2. The van der Waals surface area contributed by atoms with Gasteiger partial charge in [-0.3, -0.25) is 0 Å². The van der Waals surface area contributed by atoms with Gasteiger partial charge < -0.3 is 0 Å². The molecule has 0 N–H and O–H groups in total. The highest BCUT2D eigenvalue weighted by Crippen LogP contribution is 2.28. The fraction of sp³-hybridized carbons (Fsp3) is 0.200. The molecule has 5 nitrogen and oxygen atoms in total. The van der Waals surface area contributed by atoms with Crippen LogP contribution in [0.1, 0.15) is 5.56 Å². The van der Waals surface area contributed by atoms with Crippen LogP contribution in [-0.4, -0.2) is 34.4 Å². The highest BCUT2D eigenvalue weighted by molar-refractivity contribution is 7.91. The first-order valence-electron chi connectivity index (χ1n) is 6.73. The van der Waals surface area contributed by atoms with Crippen LogP contribution in [0.5, 0.6) is 0 Å². The van der Waals surface area contributed by atoms with Gasteiger partial charge in [-0.1, -0.05) is 29.8 Å². The molecule has 2 rings (SSSR count). The molecule has 9 heteroatoms. The highest BCUT2D eigenvalue weighted by Gasteiger charge is 2.26. The van der Waals surface area contributed by atoms with E-state index in [2.05, 4.69) is 0 Å². The van der Waals surface area contributed by atoms with Crippen molar-refractivity contribution < 1.29 is 21.2 Å². The molecule has 24 heavy (non-hydrogen) atoms. The Balaban J connectivity index is 2.45. The summed E-state index contributed by atoms with van der Waals surface area (Å²) in [6.45, 7) is -0.214. The maximum Gasteiger partial charge on any atom is 0.244 e. The van der Waals surface area contributed by atoms with Gasteiger partial charge in [0.15, 0.2) is 9.84 Å². The summed E-state index contributed by atoms with van der Waals surface area (Å²) in [4.78, 5) is -0.504. The van der Waals surface area contributed by atoms with E-state index >= 15 is 0 Å². The minimum Gasteiger partial charge on any atom is -0.224 e. The smallest absolute Gasteiger partial charge is 0.224 e. The van der Waals surface area contributed by atoms with Crippen LogP contribution in [0.2, 0.25) is 5.02 Å². The third kappa shape index (κ3) is 3.94. The highest BCUT2D eigenvalue weighted by atomic mass is 35.5. The Morgan fingerprint density at radius 3 is 2.29 bits per heavy atom. The van der Waals surface area contributed by atoms with Gasteiger partial charge in [-0.05, 0) is 24.3 Å². The summed E-state index contributed by atoms with van der Waals surface area (Å²) in [6, 6.07) is 9.24. The average molecular weight is 392 g/mol. The number of nitrogens with zero attached hydrogens (tertiary/aromatic N) is 1. The van der Waals surface area contributed by atoms with E-state index in [4.69, 9.17) is 11.6 Å². The lowest BCUT2D eigenvalue weighted by molar-refractivity contribution is 0.456. The Morgan fingerprint density at radius 2 is 1.71 bits per heavy atom. The molecule has 0 spiro atoms. The predicted octanol–water partition coefficient (Wildman–Crippen LogP) is 2.70. The van der Waals surface area contributed by atoms with Crippen molar-refractivity contribution in [3.63, 3.8) is 0 Å². The average Bonchev–Trinajstić information content (AvgIpc) is 2.48. The van der Waals surface area contributed by atoms with Gasteiger partial charge in [0.05, 0.1) is 9.92 Å². The summed E-state index contributed by atoms with van der Waals surface area (Å²) in [5, 5.41) is -0.109. The second-order valence-electron chi connectivity index (χ2n) is 5.22. The third-order valence-corrected chi connectivity index (χ3v) is 6.77. The lowest BCUT2D eigenvalue weighted by Gasteiger charge is -2.19. The topological polar surface area (TPSA) is 71.5 Å². The van der Waals surface area contributed by atoms with Crippen molar-refractivity contribution in [2.24, 2.45) is 0 Å². The Hall–Kier alpha value is -1.48. The lowest BCUT2D eigenvalue weighted by atomic mass is 10.2. The maximum absolute atomic E-state index is 13.7. The normalized spacial score (nSPS) is 12.5. The number of halogens is 2. The van der Waals surface area contributed by atoms with E-state index in [1.54, 1.807) is 6.07 Å². The van der Waals surface area contributed by atoms with Gasteiger partial charge in [0.25, 0.3) is 0 Å². The van der Waals surface area contributed by atoms with Gasteiger partial charge in [-0.25, -0.2) is 21.2 Å². The van der Waals surface area contributed by atoms with Crippen molar-refractivity contribution in [3.05, 3.63) is 58.9 Å². The summed E-state index contributed by atoms with van der Waals surface area (Å²) < 4.78 is 63.2. The number of sulfonamides is 1. The molecule has 2 aromatic rings. The Morgan fingerprint density at radius 1 is 1.08 bits per heavy atom. The van der Waals surface area contributed by atoms with Gasteiger partial charge in [0.2, 0.25) is 10.0 Å². The van der Waals surface area contributed by atoms with Crippen LogP contribution in [0.15, 0.2) is 52.3 Å². The Kier molecular flexibility index (Phi) is 5.34. The van der Waals surface area contributed by atoms with Crippen LogP contribution in [-0.2, 0) is 26.4 Å². The second kappa shape index (κ2) is 6.79. The molecule has 0 aliphatic rings. The molecule has 0 aliphatic carbocycles. The Labute approximate surface area is 145 Å². The summed E-state index contributed by atoms with van der Waals surface area (Å²) in [7, 11) is -6.42. The summed E-state index contributed by atoms with van der Waals surface area (Å²) in [5.41, 5.74) is 0.193. The quantitative estimate of drug-likeness (QED) is 0.785. The summed E-state index contributed by atoms with van der Waals surface area (Å²) in [6.07, 6.45) is 0.968. The van der Waals surface area contributed by atoms with Crippen LogP contribution < -0.4 is 0 Å². The van der Waals surface area contributed by atoms with E-state index in [-0.39, 0.29) is 26.9 Å². The first-order valence-corrected chi connectivity index (χ1v) is 10.4. The van der Waals surface area contributed by atoms with Gasteiger partial charge in [0, 0.05) is 25.4 Å². The standard InChI is InChI=1S/C15H15ClFNO4S2/c1-18(10-11-5-3-4-6-14(11)17)24(21,22)15-9-12(23(2,19)20)7-8-13(15)16/h3-9H,10H2,1-2H3. The first kappa shape index (κ1) is 18.9. The maximum atomic E-state index is 13.7. The number of hydrogen-bond donors (Lipinski definition) is 0. The van der Waals surface area contributed by atoms with Gasteiger partial charge >= 0.3 is 0 Å². The van der Waals surface area contributed by atoms with Crippen LogP contribution in [0.25, 0.3) is 0 Å². The van der Waals surface area contributed by atoms with Gasteiger partial charge in [0.1, 0.15) is 10.7 Å². The summed E-state index contributed by atoms with van der Waals surface area (Å²) in [5.74, 6) is -0.532. The fourth-order valence-electron chi connectivity index (χ4n) is 2.03. The zero-order chi connectivity index (χ0) is 18.1. The van der Waals surface area contributed by atoms with E-state index < -0.39 is 25.7 Å². The van der Waals surface area contributed by atoms with E-state index in [9.17, 15) is 21.2 Å². The molecule has 0 aromatic heterocycles. The largest absolute Gasteiger partial charge is 0.244 e. The molecule has 0 saturated carbocycles. The SMILES string of the molecule is CN(Cc1ccccc1F)S(=O)(=O)c1cc(S(C)(=O)=O)ccc1Cl. The van der Waals surface area contributed by atoms with Crippen LogP contribution in [0.4, 0.5) is 4.39 Å². The van der Waals surface area contributed by atoms with Crippen molar-refractivity contribution in [3.8, 4) is 0 Å². The fourth-order valence-corrected chi connectivity index (χ4v) is 4.40. The molecule has 0 radical (unpaired) electrons. The molecule has 0 aliphatic heterocycles. The molecule has 0 atom stereocenters. The molecule has 0 amide bonds. The molecular weight excluding hydrogens is 377 g/mol. The zero-order valence-electron chi connectivity index (χ0n) is 12.9. The number of hydrogen-bond acceptors (Lipinski definition) is 4. The van der Waals surface area contributed by atoms with Gasteiger partial charge in [-0.2, -0.15) is 4.31 Å². The molecule has 130 valence electrons. The van der Waals surface area contributed by atoms with E-state index in [1.807, 2.05) is 0 Å².